The normalized spacial score (nSPS) is 25.2. The van der Waals surface area contributed by atoms with Crippen molar-refractivity contribution in [3.05, 3.63) is 29.8 Å². The number of aliphatic hydroxyl groups is 1. The van der Waals surface area contributed by atoms with Gasteiger partial charge in [-0.15, -0.1) is 0 Å². The smallest absolute Gasteiger partial charge is 0.253 e. The maximum atomic E-state index is 12.5. The lowest BCUT2D eigenvalue weighted by Crippen LogP contribution is -2.58. The Labute approximate surface area is 157 Å². The molecule has 0 saturated carbocycles. The second-order valence-electron chi connectivity index (χ2n) is 8.84. The SMILES string of the molecule is CC(C)(C)c1ccc(N2CCC(NC(=O)C3(O)CCCNC3)CC2)cc1. The predicted molar refractivity (Wildman–Crippen MR) is 106 cm³/mol. The van der Waals surface area contributed by atoms with Crippen LogP contribution in [0.15, 0.2) is 24.3 Å². The molecule has 5 nitrogen and oxygen atoms in total. The van der Waals surface area contributed by atoms with Crippen molar-refractivity contribution >= 4 is 11.6 Å². The number of piperidine rings is 2. The van der Waals surface area contributed by atoms with Gasteiger partial charge in [0.05, 0.1) is 0 Å². The van der Waals surface area contributed by atoms with Crippen LogP contribution in [0.2, 0.25) is 0 Å². The van der Waals surface area contributed by atoms with Crippen molar-refractivity contribution in [3.8, 4) is 0 Å². The highest BCUT2D eigenvalue weighted by Gasteiger charge is 2.38. The molecular formula is C21H33N3O2. The van der Waals surface area contributed by atoms with Crippen LogP contribution in [0.5, 0.6) is 0 Å². The molecule has 1 aromatic carbocycles. The van der Waals surface area contributed by atoms with Crippen LogP contribution < -0.4 is 15.5 Å². The second-order valence-corrected chi connectivity index (χ2v) is 8.84. The number of carbonyl (C=O) groups excluding carboxylic acids is 1. The fraction of sp³-hybridized carbons (Fsp3) is 0.667. The van der Waals surface area contributed by atoms with E-state index in [0.717, 1.165) is 38.9 Å². The maximum Gasteiger partial charge on any atom is 0.253 e. The summed E-state index contributed by atoms with van der Waals surface area (Å²) in [5.41, 5.74) is 1.53. The van der Waals surface area contributed by atoms with Crippen LogP contribution in [0.4, 0.5) is 5.69 Å². The molecule has 2 heterocycles. The highest BCUT2D eigenvalue weighted by Crippen LogP contribution is 2.26. The Morgan fingerprint density at radius 1 is 1.23 bits per heavy atom. The zero-order valence-corrected chi connectivity index (χ0v) is 16.3. The van der Waals surface area contributed by atoms with E-state index in [-0.39, 0.29) is 17.4 Å². The van der Waals surface area contributed by atoms with Gasteiger partial charge in [-0.3, -0.25) is 4.79 Å². The number of hydrogen-bond acceptors (Lipinski definition) is 4. The number of nitrogens with one attached hydrogen (secondary N) is 2. The zero-order valence-electron chi connectivity index (χ0n) is 16.3. The summed E-state index contributed by atoms with van der Waals surface area (Å²) in [7, 11) is 0. The van der Waals surface area contributed by atoms with Gasteiger partial charge in [0, 0.05) is 31.4 Å². The topological polar surface area (TPSA) is 64.6 Å². The van der Waals surface area contributed by atoms with Crippen LogP contribution in [-0.2, 0) is 10.2 Å². The van der Waals surface area contributed by atoms with E-state index in [0.29, 0.717) is 13.0 Å². The third-order valence-corrected chi connectivity index (χ3v) is 5.71. The Hall–Kier alpha value is -1.59. The van der Waals surface area contributed by atoms with Gasteiger partial charge < -0.3 is 20.6 Å². The van der Waals surface area contributed by atoms with Gasteiger partial charge in [-0.2, -0.15) is 0 Å². The fourth-order valence-corrected chi connectivity index (χ4v) is 3.86. The average molecular weight is 360 g/mol. The van der Waals surface area contributed by atoms with Gasteiger partial charge in [0.2, 0.25) is 0 Å². The fourth-order valence-electron chi connectivity index (χ4n) is 3.86. The maximum absolute atomic E-state index is 12.5. The largest absolute Gasteiger partial charge is 0.379 e. The van der Waals surface area contributed by atoms with Crippen molar-refractivity contribution in [2.45, 2.75) is 63.5 Å². The number of hydrogen-bond donors (Lipinski definition) is 3. The second kappa shape index (κ2) is 7.57. The quantitative estimate of drug-likeness (QED) is 0.774. The van der Waals surface area contributed by atoms with E-state index in [1.54, 1.807) is 0 Å². The first-order valence-corrected chi connectivity index (χ1v) is 9.87. The predicted octanol–water partition coefficient (Wildman–Crippen LogP) is 2.18. The number of nitrogens with zero attached hydrogens (tertiary/aromatic N) is 1. The van der Waals surface area contributed by atoms with E-state index >= 15 is 0 Å². The Bertz CT molecular complexity index is 607. The molecule has 5 heteroatoms. The molecule has 0 bridgehead atoms. The van der Waals surface area contributed by atoms with Crippen molar-refractivity contribution in [1.82, 2.24) is 10.6 Å². The van der Waals surface area contributed by atoms with E-state index in [4.69, 9.17) is 0 Å². The minimum absolute atomic E-state index is 0.151. The monoisotopic (exact) mass is 359 g/mol. The zero-order chi connectivity index (χ0) is 18.8. The van der Waals surface area contributed by atoms with Crippen molar-refractivity contribution < 1.29 is 9.90 Å². The van der Waals surface area contributed by atoms with E-state index in [1.807, 2.05) is 0 Å². The summed E-state index contributed by atoms with van der Waals surface area (Å²) in [6.45, 7) is 9.77. The first-order chi connectivity index (χ1) is 12.3. The van der Waals surface area contributed by atoms with Crippen molar-refractivity contribution in [1.29, 1.82) is 0 Å². The Morgan fingerprint density at radius 3 is 2.42 bits per heavy atom. The van der Waals surface area contributed by atoms with Crippen LogP contribution >= 0.6 is 0 Å². The number of amides is 1. The molecule has 0 aliphatic carbocycles. The van der Waals surface area contributed by atoms with E-state index in [1.165, 1.54) is 11.3 Å². The molecule has 2 aliphatic rings. The summed E-state index contributed by atoms with van der Waals surface area (Å²) in [4.78, 5) is 14.8. The Balaban J connectivity index is 1.52. The van der Waals surface area contributed by atoms with Gasteiger partial charge in [0.15, 0.2) is 5.60 Å². The van der Waals surface area contributed by atoms with Crippen LogP contribution in [-0.4, -0.2) is 48.8 Å². The molecule has 0 radical (unpaired) electrons. The molecule has 26 heavy (non-hydrogen) atoms. The van der Waals surface area contributed by atoms with Crippen LogP contribution in [0.1, 0.15) is 52.0 Å². The summed E-state index contributed by atoms with van der Waals surface area (Å²) in [6.07, 6.45) is 3.21. The average Bonchev–Trinajstić information content (AvgIpc) is 2.62. The molecule has 2 aliphatic heterocycles. The van der Waals surface area contributed by atoms with E-state index in [9.17, 15) is 9.90 Å². The number of anilines is 1. The van der Waals surface area contributed by atoms with Gasteiger partial charge in [-0.05, 0) is 55.3 Å². The van der Waals surface area contributed by atoms with Crippen LogP contribution in [0.3, 0.4) is 0 Å². The van der Waals surface area contributed by atoms with Crippen LogP contribution in [0, 0.1) is 0 Å². The third kappa shape index (κ3) is 4.38. The minimum atomic E-state index is -1.24. The standard InChI is InChI=1S/C21H33N3O2/c1-20(2,3)16-5-7-18(8-6-16)24-13-9-17(10-14-24)23-19(25)21(26)11-4-12-22-15-21/h5-8,17,22,26H,4,9-15H2,1-3H3,(H,23,25). The molecule has 1 atom stereocenters. The number of β-amino-alcohol motifs (C(OH)–C–C–N with tert-alkyl or cyclic N) is 1. The van der Waals surface area contributed by atoms with Crippen molar-refractivity contribution in [3.63, 3.8) is 0 Å². The van der Waals surface area contributed by atoms with Crippen molar-refractivity contribution in [2.24, 2.45) is 0 Å². The molecule has 3 rings (SSSR count). The van der Waals surface area contributed by atoms with E-state index in [2.05, 4.69) is 60.6 Å². The van der Waals surface area contributed by atoms with Gasteiger partial charge in [0.1, 0.15) is 0 Å². The Morgan fingerprint density at radius 2 is 1.88 bits per heavy atom. The molecule has 1 unspecified atom stereocenters. The molecule has 3 N–H and O–H groups in total. The van der Waals surface area contributed by atoms with E-state index < -0.39 is 5.60 Å². The lowest BCUT2D eigenvalue weighted by atomic mass is 9.87. The molecule has 144 valence electrons. The van der Waals surface area contributed by atoms with Gasteiger partial charge in [-0.25, -0.2) is 0 Å². The highest BCUT2D eigenvalue weighted by atomic mass is 16.3. The van der Waals surface area contributed by atoms with Gasteiger partial charge >= 0.3 is 0 Å². The first-order valence-electron chi connectivity index (χ1n) is 9.87. The number of rotatable bonds is 3. The summed E-state index contributed by atoms with van der Waals surface area (Å²) in [5, 5.41) is 16.7. The molecule has 2 saturated heterocycles. The number of carbonyl (C=O) groups is 1. The molecule has 1 amide bonds. The highest BCUT2D eigenvalue weighted by molar-refractivity contribution is 5.85. The molecule has 1 aromatic rings. The molecular weight excluding hydrogens is 326 g/mol. The minimum Gasteiger partial charge on any atom is -0.379 e. The summed E-state index contributed by atoms with van der Waals surface area (Å²) in [6, 6.07) is 8.99. The summed E-state index contributed by atoms with van der Waals surface area (Å²) in [5.74, 6) is -0.210. The lowest BCUT2D eigenvalue weighted by molar-refractivity contribution is -0.142. The summed E-state index contributed by atoms with van der Waals surface area (Å²) >= 11 is 0. The molecule has 0 spiro atoms. The number of benzene rings is 1. The summed E-state index contributed by atoms with van der Waals surface area (Å²) < 4.78 is 0. The van der Waals surface area contributed by atoms with Gasteiger partial charge in [-0.1, -0.05) is 32.9 Å². The molecule has 2 fully saturated rings. The lowest BCUT2D eigenvalue weighted by Gasteiger charge is -2.37. The third-order valence-electron chi connectivity index (χ3n) is 5.71. The first kappa shape index (κ1) is 19.2. The molecule has 0 aromatic heterocycles. The van der Waals surface area contributed by atoms with Gasteiger partial charge in [0.25, 0.3) is 5.91 Å². The van der Waals surface area contributed by atoms with Crippen LogP contribution in [0.25, 0.3) is 0 Å². The Kier molecular flexibility index (Phi) is 5.58. The van der Waals surface area contributed by atoms with Crippen molar-refractivity contribution in [2.75, 3.05) is 31.1 Å².